The quantitative estimate of drug-likeness (QED) is 0.270. The summed E-state index contributed by atoms with van der Waals surface area (Å²) in [7, 11) is 1.60. The van der Waals surface area contributed by atoms with E-state index in [1.165, 1.54) is 11.8 Å². The predicted molar refractivity (Wildman–Crippen MR) is 137 cm³/mol. The van der Waals surface area contributed by atoms with Crippen LogP contribution in [0.2, 0.25) is 10.0 Å². The Morgan fingerprint density at radius 1 is 1.03 bits per heavy atom. The maximum absolute atomic E-state index is 12.5. The molecule has 0 spiro atoms. The summed E-state index contributed by atoms with van der Waals surface area (Å²) in [5.74, 6) is 1.41. The zero-order valence-corrected chi connectivity index (χ0v) is 20.5. The van der Waals surface area contributed by atoms with Gasteiger partial charge in [0.15, 0.2) is 11.0 Å². The first-order chi connectivity index (χ1) is 16.5. The molecule has 0 unspecified atom stereocenters. The Labute approximate surface area is 211 Å². The second-order valence-electron chi connectivity index (χ2n) is 7.11. The third-order valence-electron chi connectivity index (χ3n) is 4.79. The lowest BCUT2D eigenvalue weighted by atomic mass is 10.3. The Kier molecular flexibility index (Phi) is 7.95. The number of thioether (sulfide) groups is 1. The first kappa shape index (κ1) is 23.9. The maximum Gasteiger partial charge on any atom is 0.234 e. The summed E-state index contributed by atoms with van der Waals surface area (Å²) in [6.45, 7) is 0.362. The van der Waals surface area contributed by atoms with E-state index in [-0.39, 0.29) is 11.7 Å². The van der Waals surface area contributed by atoms with Crippen molar-refractivity contribution in [1.82, 2.24) is 14.8 Å². The van der Waals surface area contributed by atoms with Crippen LogP contribution in [0.4, 0.5) is 11.4 Å². The minimum Gasteiger partial charge on any atom is -0.497 e. The molecule has 1 heterocycles. The van der Waals surface area contributed by atoms with Crippen LogP contribution in [0.15, 0.2) is 78.0 Å². The Bertz CT molecular complexity index is 1270. The summed E-state index contributed by atoms with van der Waals surface area (Å²) in [4.78, 5) is 12.5. The molecule has 0 aliphatic carbocycles. The molecule has 1 aromatic heterocycles. The number of carbonyl (C=O) groups is 1. The molecule has 7 nitrogen and oxygen atoms in total. The number of hydrogen-bond donors (Lipinski definition) is 2. The topological polar surface area (TPSA) is 81.1 Å². The maximum atomic E-state index is 12.5. The van der Waals surface area contributed by atoms with Crippen molar-refractivity contribution in [3.05, 3.63) is 88.7 Å². The van der Waals surface area contributed by atoms with Gasteiger partial charge in [0, 0.05) is 16.4 Å². The highest BCUT2D eigenvalue weighted by Crippen LogP contribution is 2.27. The minimum atomic E-state index is -0.150. The molecule has 1 amide bonds. The van der Waals surface area contributed by atoms with E-state index in [2.05, 4.69) is 20.8 Å². The standard InChI is InChI=1S/C24H21Cl2N5O2S/c1-33-19-10-8-17(9-11-19)28-23(32)15-34-24-30-29-22(31(24)18-5-3-2-4-6-18)14-27-21-13-16(25)7-12-20(21)26/h2-13,27H,14-15H2,1H3,(H,28,32). The molecule has 0 fully saturated rings. The molecule has 2 N–H and O–H groups in total. The highest BCUT2D eigenvalue weighted by atomic mass is 35.5. The van der Waals surface area contributed by atoms with Gasteiger partial charge in [0.2, 0.25) is 5.91 Å². The van der Waals surface area contributed by atoms with Gasteiger partial charge < -0.3 is 15.4 Å². The number of rotatable bonds is 9. The largest absolute Gasteiger partial charge is 0.497 e. The minimum absolute atomic E-state index is 0.150. The van der Waals surface area contributed by atoms with Gasteiger partial charge in [-0.15, -0.1) is 10.2 Å². The van der Waals surface area contributed by atoms with Crippen molar-refractivity contribution in [3.8, 4) is 11.4 Å². The number of ether oxygens (including phenoxy) is 1. The number of halogens is 2. The van der Waals surface area contributed by atoms with Gasteiger partial charge in [-0.05, 0) is 54.6 Å². The lowest BCUT2D eigenvalue weighted by molar-refractivity contribution is -0.113. The van der Waals surface area contributed by atoms with E-state index in [0.29, 0.717) is 38.9 Å². The van der Waals surface area contributed by atoms with Crippen molar-refractivity contribution in [3.63, 3.8) is 0 Å². The van der Waals surface area contributed by atoms with E-state index in [0.717, 1.165) is 11.4 Å². The predicted octanol–water partition coefficient (Wildman–Crippen LogP) is 5.93. The molecule has 0 radical (unpaired) electrons. The van der Waals surface area contributed by atoms with Crippen molar-refractivity contribution >= 4 is 52.2 Å². The molecule has 0 aliphatic rings. The number of carbonyl (C=O) groups excluding carboxylic acids is 1. The van der Waals surface area contributed by atoms with Gasteiger partial charge in [-0.25, -0.2) is 0 Å². The lowest BCUT2D eigenvalue weighted by Gasteiger charge is -2.12. The van der Waals surface area contributed by atoms with E-state index in [9.17, 15) is 4.79 Å². The van der Waals surface area contributed by atoms with Gasteiger partial charge in [0.25, 0.3) is 0 Å². The first-order valence-corrected chi connectivity index (χ1v) is 12.0. The normalized spacial score (nSPS) is 10.7. The third-order valence-corrected chi connectivity index (χ3v) is 6.28. The van der Waals surface area contributed by atoms with E-state index in [1.807, 2.05) is 34.9 Å². The van der Waals surface area contributed by atoms with Crippen LogP contribution in [-0.2, 0) is 11.3 Å². The number of para-hydroxylation sites is 1. The average molecular weight is 514 g/mol. The SMILES string of the molecule is COc1ccc(NC(=O)CSc2nnc(CNc3cc(Cl)ccc3Cl)n2-c2ccccc2)cc1. The Balaban J connectivity index is 1.48. The number of benzene rings is 3. The van der Waals surface area contributed by atoms with E-state index in [4.69, 9.17) is 27.9 Å². The summed E-state index contributed by atoms with van der Waals surface area (Å²) in [6, 6.07) is 22.1. The van der Waals surface area contributed by atoms with Crippen molar-refractivity contribution in [2.45, 2.75) is 11.7 Å². The molecule has 10 heteroatoms. The van der Waals surface area contributed by atoms with Gasteiger partial charge in [-0.1, -0.05) is 53.2 Å². The smallest absolute Gasteiger partial charge is 0.234 e. The van der Waals surface area contributed by atoms with Crippen molar-refractivity contribution in [2.75, 3.05) is 23.5 Å². The summed E-state index contributed by atoms with van der Waals surface area (Å²) in [6.07, 6.45) is 0. The molecule has 34 heavy (non-hydrogen) atoms. The molecule has 0 saturated heterocycles. The zero-order chi connectivity index (χ0) is 23.9. The highest BCUT2D eigenvalue weighted by molar-refractivity contribution is 7.99. The molecule has 4 aromatic rings. The van der Waals surface area contributed by atoms with Crippen molar-refractivity contribution in [1.29, 1.82) is 0 Å². The third kappa shape index (κ3) is 6.02. The Morgan fingerprint density at radius 3 is 2.53 bits per heavy atom. The summed E-state index contributed by atoms with van der Waals surface area (Å²) < 4.78 is 7.06. The van der Waals surface area contributed by atoms with Crippen LogP contribution in [0, 0.1) is 0 Å². The van der Waals surface area contributed by atoms with Gasteiger partial charge in [-0.2, -0.15) is 0 Å². The molecular weight excluding hydrogens is 493 g/mol. The number of hydrogen-bond acceptors (Lipinski definition) is 6. The number of methoxy groups -OCH3 is 1. The molecule has 174 valence electrons. The van der Waals surface area contributed by atoms with Crippen LogP contribution in [0.5, 0.6) is 5.75 Å². The molecule has 0 bridgehead atoms. The molecule has 3 aromatic carbocycles. The van der Waals surface area contributed by atoms with Crippen LogP contribution in [-0.4, -0.2) is 33.5 Å². The monoisotopic (exact) mass is 513 g/mol. The number of nitrogens with zero attached hydrogens (tertiary/aromatic N) is 3. The lowest BCUT2D eigenvalue weighted by Crippen LogP contribution is -2.15. The summed E-state index contributed by atoms with van der Waals surface area (Å²) in [5.41, 5.74) is 2.28. The molecule has 4 rings (SSSR count). The highest BCUT2D eigenvalue weighted by Gasteiger charge is 2.16. The number of nitrogens with one attached hydrogen (secondary N) is 2. The molecular formula is C24H21Cl2N5O2S. The van der Waals surface area contributed by atoms with Gasteiger partial charge >= 0.3 is 0 Å². The summed E-state index contributed by atoms with van der Waals surface area (Å²) in [5, 5.41) is 16.5. The second-order valence-corrected chi connectivity index (χ2v) is 8.90. The number of aromatic nitrogens is 3. The fourth-order valence-electron chi connectivity index (χ4n) is 3.15. The van der Waals surface area contributed by atoms with Crippen LogP contribution >= 0.6 is 35.0 Å². The van der Waals surface area contributed by atoms with Gasteiger partial charge in [0.1, 0.15) is 5.75 Å². The second kappa shape index (κ2) is 11.3. The average Bonchev–Trinajstić information content (AvgIpc) is 3.27. The number of amides is 1. The van der Waals surface area contributed by atoms with E-state index in [1.54, 1.807) is 49.6 Å². The fourth-order valence-corrected chi connectivity index (χ4v) is 4.28. The van der Waals surface area contributed by atoms with Crippen LogP contribution in [0.1, 0.15) is 5.82 Å². The summed E-state index contributed by atoms with van der Waals surface area (Å²) >= 11 is 13.7. The van der Waals surface area contributed by atoms with Crippen molar-refractivity contribution < 1.29 is 9.53 Å². The fraction of sp³-hybridized carbons (Fsp3) is 0.125. The van der Waals surface area contributed by atoms with Gasteiger partial charge in [-0.3, -0.25) is 9.36 Å². The van der Waals surface area contributed by atoms with Gasteiger partial charge in [0.05, 0.1) is 30.1 Å². The van der Waals surface area contributed by atoms with Crippen LogP contribution in [0.25, 0.3) is 5.69 Å². The van der Waals surface area contributed by atoms with E-state index < -0.39 is 0 Å². The molecule has 0 saturated carbocycles. The Morgan fingerprint density at radius 2 is 1.79 bits per heavy atom. The zero-order valence-electron chi connectivity index (χ0n) is 18.2. The van der Waals surface area contributed by atoms with Crippen LogP contribution in [0.3, 0.4) is 0 Å². The Hall–Kier alpha value is -3.20. The van der Waals surface area contributed by atoms with Crippen LogP contribution < -0.4 is 15.4 Å². The number of anilines is 2. The molecule has 0 atom stereocenters. The first-order valence-electron chi connectivity index (χ1n) is 10.3. The van der Waals surface area contributed by atoms with Crippen molar-refractivity contribution in [2.24, 2.45) is 0 Å². The van der Waals surface area contributed by atoms with E-state index >= 15 is 0 Å². The molecule has 0 aliphatic heterocycles.